The van der Waals surface area contributed by atoms with Crippen molar-refractivity contribution in [2.75, 3.05) is 16.8 Å². The molecule has 0 aromatic heterocycles. The average molecular weight is 308 g/mol. The first-order valence-electron chi connectivity index (χ1n) is 7.80. The Morgan fingerprint density at radius 2 is 1.83 bits per heavy atom. The molecule has 1 heterocycles. The second-order valence-corrected chi connectivity index (χ2v) is 5.99. The third-order valence-electron chi connectivity index (χ3n) is 4.24. The SMILES string of the molecule is CC(=O)c1ccc(NC(=O)CN2c3ccccc3CC2C)cc1. The Morgan fingerprint density at radius 3 is 2.52 bits per heavy atom. The molecule has 1 atom stereocenters. The lowest BCUT2D eigenvalue weighted by molar-refractivity contribution is -0.115. The standard InChI is InChI=1S/C19H20N2O2/c1-13-11-16-5-3-4-6-18(16)21(13)12-19(23)20-17-9-7-15(8-10-17)14(2)22/h3-10,13H,11-12H2,1-2H3,(H,20,23). The molecule has 2 aromatic rings. The molecule has 1 aliphatic rings. The van der Waals surface area contributed by atoms with E-state index in [1.807, 2.05) is 12.1 Å². The Morgan fingerprint density at radius 1 is 1.13 bits per heavy atom. The molecule has 0 saturated carbocycles. The van der Waals surface area contributed by atoms with E-state index < -0.39 is 0 Å². The van der Waals surface area contributed by atoms with E-state index in [9.17, 15) is 9.59 Å². The molecule has 0 fully saturated rings. The largest absolute Gasteiger partial charge is 0.359 e. The van der Waals surface area contributed by atoms with Crippen molar-refractivity contribution >= 4 is 23.1 Å². The fraction of sp³-hybridized carbons (Fsp3) is 0.263. The first-order valence-corrected chi connectivity index (χ1v) is 7.80. The number of ketones is 1. The highest BCUT2D eigenvalue weighted by atomic mass is 16.2. The molecule has 0 spiro atoms. The monoisotopic (exact) mass is 308 g/mol. The van der Waals surface area contributed by atoms with Crippen LogP contribution in [0.25, 0.3) is 0 Å². The van der Waals surface area contributed by atoms with Crippen molar-refractivity contribution < 1.29 is 9.59 Å². The lowest BCUT2D eigenvalue weighted by atomic mass is 10.1. The fourth-order valence-corrected chi connectivity index (χ4v) is 3.01. The Hall–Kier alpha value is -2.62. The Kier molecular flexibility index (Phi) is 4.15. The van der Waals surface area contributed by atoms with Gasteiger partial charge in [0, 0.05) is 23.0 Å². The van der Waals surface area contributed by atoms with Gasteiger partial charge < -0.3 is 10.2 Å². The Labute approximate surface area is 136 Å². The van der Waals surface area contributed by atoms with Gasteiger partial charge in [0.15, 0.2) is 5.78 Å². The van der Waals surface area contributed by atoms with Gasteiger partial charge in [-0.05, 0) is 56.2 Å². The minimum atomic E-state index is -0.0517. The van der Waals surface area contributed by atoms with Gasteiger partial charge >= 0.3 is 0 Å². The minimum Gasteiger partial charge on any atom is -0.359 e. The van der Waals surface area contributed by atoms with Crippen molar-refractivity contribution in [2.45, 2.75) is 26.3 Å². The molecule has 0 aliphatic carbocycles. The molecule has 118 valence electrons. The topological polar surface area (TPSA) is 49.4 Å². The van der Waals surface area contributed by atoms with E-state index in [4.69, 9.17) is 0 Å². The lowest BCUT2D eigenvalue weighted by Crippen LogP contribution is -2.37. The number of para-hydroxylation sites is 1. The summed E-state index contributed by atoms with van der Waals surface area (Å²) in [6, 6.07) is 15.5. The summed E-state index contributed by atoms with van der Waals surface area (Å²) in [5, 5.41) is 2.89. The molecule has 4 heteroatoms. The maximum Gasteiger partial charge on any atom is 0.243 e. The molecular weight excluding hydrogens is 288 g/mol. The number of rotatable bonds is 4. The highest BCUT2D eigenvalue weighted by Crippen LogP contribution is 2.31. The Balaban J connectivity index is 1.67. The van der Waals surface area contributed by atoms with Crippen LogP contribution in [0.15, 0.2) is 48.5 Å². The van der Waals surface area contributed by atoms with Crippen LogP contribution in [0.3, 0.4) is 0 Å². The molecule has 0 radical (unpaired) electrons. The summed E-state index contributed by atoms with van der Waals surface area (Å²) in [7, 11) is 0. The van der Waals surface area contributed by atoms with E-state index in [0.717, 1.165) is 12.1 Å². The smallest absolute Gasteiger partial charge is 0.243 e. The number of Topliss-reactive ketones (excluding diaryl/α,β-unsaturated/α-hetero) is 1. The summed E-state index contributed by atoms with van der Waals surface area (Å²) in [6.45, 7) is 3.99. The van der Waals surface area contributed by atoms with Gasteiger partial charge in [0.2, 0.25) is 5.91 Å². The summed E-state index contributed by atoms with van der Waals surface area (Å²) in [6.07, 6.45) is 0.969. The van der Waals surface area contributed by atoms with Gasteiger partial charge in [0.1, 0.15) is 0 Å². The minimum absolute atomic E-state index is 0.0189. The van der Waals surface area contributed by atoms with Crippen molar-refractivity contribution in [3.05, 3.63) is 59.7 Å². The molecular formula is C19H20N2O2. The van der Waals surface area contributed by atoms with Gasteiger partial charge in [-0.25, -0.2) is 0 Å². The maximum absolute atomic E-state index is 12.3. The molecule has 1 unspecified atom stereocenters. The predicted molar refractivity (Wildman–Crippen MR) is 92.0 cm³/mol. The van der Waals surface area contributed by atoms with Crippen LogP contribution in [-0.2, 0) is 11.2 Å². The number of nitrogens with zero attached hydrogens (tertiary/aromatic N) is 1. The third-order valence-corrected chi connectivity index (χ3v) is 4.24. The normalized spacial score (nSPS) is 16.1. The quantitative estimate of drug-likeness (QED) is 0.882. The van der Waals surface area contributed by atoms with Crippen LogP contribution in [0, 0.1) is 0 Å². The summed E-state index contributed by atoms with van der Waals surface area (Å²) in [5.74, 6) is -0.0329. The molecule has 1 amide bonds. The van der Waals surface area contributed by atoms with Gasteiger partial charge in [-0.3, -0.25) is 9.59 Å². The molecule has 4 nitrogen and oxygen atoms in total. The summed E-state index contributed by atoms with van der Waals surface area (Å²) >= 11 is 0. The van der Waals surface area contributed by atoms with E-state index in [1.54, 1.807) is 24.3 Å². The van der Waals surface area contributed by atoms with Gasteiger partial charge in [-0.2, -0.15) is 0 Å². The Bertz CT molecular complexity index is 737. The van der Waals surface area contributed by atoms with Gasteiger partial charge in [0.25, 0.3) is 0 Å². The van der Waals surface area contributed by atoms with Gasteiger partial charge in [-0.1, -0.05) is 18.2 Å². The molecule has 1 N–H and O–H groups in total. The van der Waals surface area contributed by atoms with Crippen LogP contribution in [-0.4, -0.2) is 24.3 Å². The van der Waals surface area contributed by atoms with Crippen LogP contribution in [0.1, 0.15) is 29.8 Å². The second-order valence-electron chi connectivity index (χ2n) is 5.99. The summed E-state index contributed by atoms with van der Waals surface area (Å²) < 4.78 is 0. The van der Waals surface area contributed by atoms with Crippen molar-refractivity contribution in [3.8, 4) is 0 Å². The van der Waals surface area contributed by atoms with Crippen LogP contribution in [0.4, 0.5) is 11.4 Å². The second kappa shape index (κ2) is 6.24. The number of hydrogen-bond donors (Lipinski definition) is 1. The summed E-state index contributed by atoms with van der Waals surface area (Å²) in [4.78, 5) is 25.7. The number of anilines is 2. The zero-order chi connectivity index (χ0) is 16.4. The molecule has 1 aliphatic heterocycles. The van der Waals surface area contributed by atoms with Crippen LogP contribution >= 0.6 is 0 Å². The first-order chi connectivity index (χ1) is 11.0. The molecule has 3 rings (SSSR count). The fourth-order valence-electron chi connectivity index (χ4n) is 3.01. The number of carbonyl (C=O) groups is 2. The lowest BCUT2D eigenvalue weighted by Gasteiger charge is -2.24. The van der Waals surface area contributed by atoms with Crippen molar-refractivity contribution in [1.29, 1.82) is 0 Å². The van der Waals surface area contributed by atoms with E-state index in [2.05, 4.69) is 29.3 Å². The van der Waals surface area contributed by atoms with E-state index in [-0.39, 0.29) is 11.7 Å². The van der Waals surface area contributed by atoms with Gasteiger partial charge in [-0.15, -0.1) is 0 Å². The summed E-state index contributed by atoms with van der Waals surface area (Å²) in [5.41, 5.74) is 3.78. The van der Waals surface area contributed by atoms with Crippen molar-refractivity contribution in [2.24, 2.45) is 0 Å². The molecule has 0 saturated heterocycles. The number of hydrogen-bond acceptors (Lipinski definition) is 3. The zero-order valence-electron chi connectivity index (χ0n) is 13.4. The van der Waals surface area contributed by atoms with Crippen LogP contribution in [0.5, 0.6) is 0 Å². The van der Waals surface area contributed by atoms with Gasteiger partial charge in [0.05, 0.1) is 6.54 Å². The number of benzene rings is 2. The predicted octanol–water partition coefficient (Wildman–Crippen LogP) is 3.28. The average Bonchev–Trinajstić information content (AvgIpc) is 2.84. The molecule has 23 heavy (non-hydrogen) atoms. The molecule has 2 aromatic carbocycles. The van der Waals surface area contributed by atoms with E-state index in [0.29, 0.717) is 23.8 Å². The molecule has 0 bridgehead atoms. The third kappa shape index (κ3) is 3.26. The number of carbonyl (C=O) groups excluding carboxylic acids is 2. The van der Waals surface area contributed by atoms with Crippen molar-refractivity contribution in [3.63, 3.8) is 0 Å². The van der Waals surface area contributed by atoms with Crippen LogP contribution in [0.2, 0.25) is 0 Å². The zero-order valence-corrected chi connectivity index (χ0v) is 13.4. The van der Waals surface area contributed by atoms with E-state index >= 15 is 0 Å². The number of amides is 1. The number of nitrogens with one attached hydrogen (secondary N) is 1. The highest BCUT2D eigenvalue weighted by Gasteiger charge is 2.26. The first kappa shape index (κ1) is 15.3. The van der Waals surface area contributed by atoms with Crippen LogP contribution < -0.4 is 10.2 Å². The van der Waals surface area contributed by atoms with Crippen molar-refractivity contribution in [1.82, 2.24) is 0 Å². The maximum atomic E-state index is 12.3. The number of fused-ring (bicyclic) bond motifs is 1. The van der Waals surface area contributed by atoms with E-state index in [1.165, 1.54) is 12.5 Å². The highest BCUT2D eigenvalue weighted by molar-refractivity contribution is 5.97.